The van der Waals surface area contributed by atoms with Crippen LogP contribution in [0.2, 0.25) is 5.02 Å². The van der Waals surface area contributed by atoms with E-state index in [-0.39, 0.29) is 29.3 Å². The second kappa shape index (κ2) is 7.42. The highest BCUT2D eigenvalue weighted by molar-refractivity contribution is 6.30. The maximum Gasteiger partial charge on any atom is 0.348 e. The minimum atomic E-state index is -2.31. The smallest absolute Gasteiger partial charge is 0.348 e. The molecule has 1 N–H and O–H groups in total. The number of carbonyl (C=O) groups is 2. The van der Waals surface area contributed by atoms with E-state index in [0.29, 0.717) is 22.6 Å². The van der Waals surface area contributed by atoms with Gasteiger partial charge in [-0.15, -0.1) is 0 Å². The Hall–Kier alpha value is -2.83. The van der Waals surface area contributed by atoms with Gasteiger partial charge >= 0.3 is 5.97 Å². The molecule has 0 aliphatic carbocycles. The minimum Gasteiger partial charge on any atom is -0.497 e. The van der Waals surface area contributed by atoms with Gasteiger partial charge in [0.15, 0.2) is 6.29 Å². The summed E-state index contributed by atoms with van der Waals surface area (Å²) in [5.41, 5.74) is -1.99. The predicted octanol–water partition coefficient (Wildman–Crippen LogP) is 3.10. The van der Waals surface area contributed by atoms with Gasteiger partial charge in [0.05, 0.1) is 19.3 Å². The van der Waals surface area contributed by atoms with E-state index in [4.69, 9.17) is 25.8 Å². The third kappa shape index (κ3) is 3.18. The van der Waals surface area contributed by atoms with E-state index in [1.807, 2.05) is 0 Å². The zero-order valence-corrected chi connectivity index (χ0v) is 15.4. The Morgan fingerprint density at radius 3 is 2.56 bits per heavy atom. The first-order valence-corrected chi connectivity index (χ1v) is 8.55. The molecule has 3 rings (SSSR count). The molecule has 7 heteroatoms. The zero-order valence-electron chi connectivity index (χ0n) is 14.7. The number of halogens is 1. The number of aliphatic hydroxyl groups is 1. The fraction of sp³-hybridized carbons (Fsp3) is 0.200. The van der Waals surface area contributed by atoms with Crippen molar-refractivity contribution >= 4 is 29.6 Å². The van der Waals surface area contributed by atoms with Crippen LogP contribution in [0.15, 0.2) is 48.0 Å². The lowest BCUT2D eigenvalue weighted by Gasteiger charge is -2.34. The van der Waals surface area contributed by atoms with Crippen LogP contribution in [0.5, 0.6) is 11.5 Å². The van der Waals surface area contributed by atoms with E-state index < -0.39 is 11.6 Å². The highest BCUT2D eigenvalue weighted by atomic mass is 35.5. The molecule has 2 aromatic rings. The summed E-state index contributed by atoms with van der Waals surface area (Å²) in [7, 11) is 1.48. The first-order valence-electron chi connectivity index (χ1n) is 8.17. The normalized spacial score (nSPS) is 18.4. The third-order valence-electron chi connectivity index (χ3n) is 4.22. The van der Waals surface area contributed by atoms with E-state index in [1.54, 1.807) is 37.3 Å². The Morgan fingerprint density at radius 2 is 1.96 bits per heavy atom. The third-order valence-corrected chi connectivity index (χ3v) is 4.47. The van der Waals surface area contributed by atoms with Gasteiger partial charge in [-0.2, -0.15) is 0 Å². The molecular weight excluding hydrogens is 372 g/mol. The number of benzene rings is 2. The van der Waals surface area contributed by atoms with Crippen molar-refractivity contribution in [3.8, 4) is 11.5 Å². The molecule has 1 heterocycles. The summed E-state index contributed by atoms with van der Waals surface area (Å²) in [6.07, 6.45) is 0.397. The van der Waals surface area contributed by atoms with E-state index in [9.17, 15) is 14.7 Å². The van der Waals surface area contributed by atoms with Gasteiger partial charge in [0.25, 0.3) is 0 Å². The van der Waals surface area contributed by atoms with Crippen LogP contribution < -0.4 is 9.47 Å². The van der Waals surface area contributed by atoms with Crippen LogP contribution in [0.4, 0.5) is 0 Å². The average Bonchev–Trinajstić information content (AvgIpc) is 2.68. The van der Waals surface area contributed by atoms with Crippen molar-refractivity contribution in [2.45, 2.75) is 12.5 Å². The molecule has 0 saturated heterocycles. The molecule has 0 fully saturated rings. The summed E-state index contributed by atoms with van der Waals surface area (Å²) in [4.78, 5) is 24.6. The first-order chi connectivity index (χ1) is 12.9. The van der Waals surface area contributed by atoms with Crippen LogP contribution in [0.3, 0.4) is 0 Å². The number of aldehydes is 1. The Bertz CT molecular complexity index is 919. The number of methoxy groups -OCH3 is 1. The molecule has 0 spiro atoms. The van der Waals surface area contributed by atoms with Gasteiger partial charge < -0.3 is 19.3 Å². The number of esters is 1. The largest absolute Gasteiger partial charge is 0.497 e. The summed E-state index contributed by atoms with van der Waals surface area (Å²) in [5, 5.41) is 11.8. The van der Waals surface area contributed by atoms with Crippen molar-refractivity contribution < 1.29 is 28.9 Å². The van der Waals surface area contributed by atoms with E-state index in [1.165, 1.54) is 19.2 Å². The maximum atomic E-state index is 12.7. The Morgan fingerprint density at radius 1 is 1.26 bits per heavy atom. The summed E-state index contributed by atoms with van der Waals surface area (Å²) in [6.45, 7) is 1.65. The topological polar surface area (TPSA) is 82.1 Å². The van der Waals surface area contributed by atoms with Crippen molar-refractivity contribution in [3.63, 3.8) is 0 Å². The predicted molar refractivity (Wildman–Crippen MR) is 98.6 cm³/mol. The van der Waals surface area contributed by atoms with Crippen molar-refractivity contribution in [1.29, 1.82) is 0 Å². The van der Waals surface area contributed by atoms with E-state index in [2.05, 4.69) is 0 Å². The molecular formula is C20H17ClO6. The molecule has 0 aromatic heterocycles. The molecule has 1 aliphatic rings. The number of fused-ring (bicyclic) bond motifs is 1. The van der Waals surface area contributed by atoms with Crippen LogP contribution in [0, 0.1) is 0 Å². The van der Waals surface area contributed by atoms with Gasteiger partial charge in [0.1, 0.15) is 17.3 Å². The van der Waals surface area contributed by atoms with Gasteiger partial charge in [0.2, 0.25) is 5.60 Å². The Kier molecular flexibility index (Phi) is 5.21. The average molecular weight is 389 g/mol. The van der Waals surface area contributed by atoms with Crippen LogP contribution in [-0.2, 0) is 19.9 Å². The maximum absolute atomic E-state index is 12.7. The molecule has 6 nitrogen and oxygen atoms in total. The molecule has 1 aliphatic heterocycles. The lowest BCUT2D eigenvalue weighted by molar-refractivity contribution is -0.163. The Balaban J connectivity index is 2.28. The number of ether oxygens (including phenoxy) is 3. The van der Waals surface area contributed by atoms with Crippen LogP contribution in [0.1, 0.15) is 18.1 Å². The molecule has 0 saturated carbocycles. The standard InChI is InChI=1S/C20H17ClO6/c1-3-26-19(23)20(24)15-9-8-14(25-2)10-17(15)27-18(16(20)11-22)12-4-6-13(21)7-5-12/h4-11,24H,3H2,1-2H3/t20-/m1/s1. The van der Waals surface area contributed by atoms with Crippen molar-refractivity contribution in [1.82, 2.24) is 0 Å². The molecule has 0 unspecified atom stereocenters. The molecule has 140 valence electrons. The summed E-state index contributed by atoms with van der Waals surface area (Å²) >= 11 is 5.92. The quantitative estimate of drug-likeness (QED) is 0.626. The van der Waals surface area contributed by atoms with Crippen LogP contribution in [0.25, 0.3) is 5.76 Å². The SMILES string of the molecule is CCOC(=O)[C@]1(O)C(C=O)=C(c2ccc(Cl)cc2)Oc2cc(OC)ccc21. The summed E-state index contributed by atoms with van der Waals surface area (Å²) < 4.78 is 16.1. The van der Waals surface area contributed by atoms with E-state index in [0.717, 1.165) is 0 Å². The fourth-order valence-corrected chi connectivity index (χ4v) is 3.02. The summed E-state index contributed by atoms with van der Waals surface area (Å²) in [5.74, 6) is -0.281. The van der Waals surface area contributed by atoms with Crippen LogP contribution >= 0.6 is 11.6 Å². The first kappa shape index (κ1) is 18.9. The highest BCUT2D eigenvalue weighted by Crippen LogP contribution is 2.46. The van der Waals surface area contributed by atoms with Gasteiger partial charge in [-0.1, -0.05) is 11.6 Å². The van der Waals surface area contributed by atoms with Crippen molar-refractivity contribution in [3.05, 3.63) is 64.2 Å². The number of hydrogen-bond donors (Lipinski definition) is 1. The van der Waals surface area contributed by atoms with Gasteiger partial charge in [-0.05, 0) is 43.3 Å². The molecule has 2 aromatic carbocycles. The lowest BCUT2D eigenvalue weighted by Crippen LogP contribution is -2.43. The van der Waals surface area contributed by atoms with E-state index >= 15 is 0 Å². The zero-order chi connectivity index (χ0) is 19.6. The second-order valence-electron chi connectivity index (χ2n) is 5.76. The monoisotopic (exact) mass is 388 g/mol. The minimum absolute atomic E-state index is 0.0376. The fourth-order valence-electron chi connectivity index (χ4n) is 2.90. The molecule has 1 atom stereocenters. The van der Waals surface area contributed by atoms with Gasteiger partial charge in [-0.25, -0.2) is 4.79 Å². The number of carbonyl (C=O) groups excluding carboxylic acids is 2. The van der Waals surface area contributed by atoms with Crippen molar-refractivity contribution in [2.24, 2.45) is 0 Å². The molecule has 27 heavy (non-hydrogen) atoms. The second-order valence-corrected chi connectivity index (χ2v) is 6.20. The van der Waals surface area contributed by atoms with Crippen LogP contribution in [-0.4, -0.2) is 31.1 Å². The van der Waals surface area contributed by atoms with Crippen molar-refractivity contribution in [2.75, 3.05) is 13.7 Å². The Labute approximate surface area is 160 Å². The number of rotatable bonds is 5. The lowest BCUT2D eigenvalue weighted by atomic mass is 9.82. The van der Waals surface area contributed by atoms with Gasteiger partial charge in [0, 0.05) is 22.2 Å². The van der Waals surface area contributed by atoms with Gasteiger partial charge in [-0.3, -0.25) is 4.79 Å². The highest BCUT2D eigenvalue weighted by Gasteiger charge is 2.50. The molecule has 0 amide bonds. The summed E-state index contributed by atoms with van der Waals surface area (Å²) in [6, 6.07) is 11.0. The molecule has 0 radical (unpaired) electrons. The molecule has 0 bridgehead atoms. The number of hydrogen-bond acceptors (Lipinski definition) is 6.